The van der Waals surface area contributed by atoms with Crippen molar-refractivity contribution in [2.75, 3.05) is 26.2 Å². The number of thiazole rings is 1. The first kappa shape index (κ1) is 22.3. The van der Waals surface area contributed by atoms with E-state index in [0.717, 1.165) is 61.3 Å². The van der Waals surface area contributed by atoms with Crippen LogP contribution in [-0.4, -0.2) is 54.2 Å². The van der Waals surface area contributed by atoms with Gasteiger partial charge in [0.05, 0.1) is 10.2 Å². The van der Waals surface area contributed by atoms with Crippen LogP contribution in [0.5, 0.6) is 10.9 Å². The Labute approximate surface area is 198 Å². The Balaban J connectivity index is 1.06. The maximum atomic E-state index is 12.1. The van der Waals surface area contributed by atoms with E-state index in [4.69, 9.17) is 9.47 Å². The summed E-state index contributed by atoms with van der Waals surface area (Å²) in [6.07, 6.45) is 6.18. The van der Waals surface area contributed by atoms with Gasteiger partial charge in [0.2, 0.25) is 5.91 Å². The Morgan fingerprint density at radius 2 is 1.97 bits per heavy atom. The smallest absolute Gasteiger partial charge is 0.279 e. The predicted molar refractivity (Wildman–Crippen MR) is 131 cm³/mol. The number of carbonyl (C=O) groups is 1. The van der Waals surface area contributed by atoms with E-state index in [-0.39, 0.29) is 12.0 Å². The van der Waals surface area contributed by atoms with Gasteiger partial charge in [0.25, 0.3) is 5.19 Å². The summed E-state index contributed by atoms with van der Waals surface area (Å²) in [6.45, 7) is 3.50. The van der Waals surface area contributed by atoms with Crippen LogP contribution in [0.25, 0.3) is 10.2 Å². The van der Waals surface area contributed by atoms with Gasteiger partial charge in [-0.2, -0.15) is 0 Å². The highest BCUT2D eigenvalue weighted by atomic mass is 32.1. The molecule has 2 fully saturated rings. The quantitative estimate of drug-likeness (QED) is 0.413. The highest BCUT2D eigenvalue weighted by Crippen LogP contribution is 2.31. The lowest BCUT2D eigenvalue weighted by Gasteiger charge is -2.22. The molecule has 33 heavy (non-hydrogen) atoms. The predicted octanol–water partition coefficient (Wildman–Crippen LogP) is 4.78. The summed E-state index contributed by atoms with van der Waals surface area (Å²) in [5, 5.41) is 3.72. The number of benzene rings is 2. The van der Waals surface area contributed by atoms with Gasteiger partial charge in [0.1, 0.15) is 11.9 Å². The number of ether oxygens (including phenoxy) is 2. The van der Waals surface area contributed by atoms with Gasteiger partial charge in [0, 0.05) is 32.3 Å². The molecule has 0 radical (unpaired) electrons. The van der Waals surface area contributed by atoms with Crippen molar-refractivity contribution in [1.82, 2.24) is 15.2 Å². The Morgan fingerprint density at radius 3 is 2.73 bits per heavy atom. The second kappa shape index (κ2) is 10.6. The Bertz CT molecular complexity index is 1030. The van der Waals surface area contributed by atoms with Crippen molar-refractivity contribution in [2.24, 2.45) is 0 Å². The normalized spacial score (nSPS) is 18.2. The lowest BCUT2D eigenvalue weighted by atomic mass is 10.1. The van der Waals surface area contributed by atoms with Gasteiger partial charge in [-0.05, 0) is 68.4 Å². The molecule has 1 unspecified atom stereocenters. The first-order valence-corrected chi connectivity index (χ1v) is 12.8. The summed E-state index contributed by atoms with van der Waals surface area (Å²) < 4.78 is 12.6. The van der Waals surface area contributed by atoms with Gasteiger partial charge in [-0.15, -0.1) is 0 Å². The summed E-state index contributed by atoms with van der Waals surface area (Å²) in [5.41, 5.74) is 2.28. The van der Waals surface area contributed by atoms with Crippen molar-refractivity contribution in [3.63, 3.8) is 0 Å². The summed E-state index contributed by atoms with van der Waals surface area (Å²) in [7, 11) is 0. The van der Waals surface area contributed by atoms with Crippen LogP contribution in [0.15, 0.2) is 48.5 Å². The van der Waals surface area contributed by atoms with Gasteiger partial charge in [-0.1, -0.05) is 35.6 Å². The molecule has 0 spiro atoms. The molecule has 5 rings (SSSR count). The van der Waals surface area contributed by atoms with E-state index in [1.807, 2.05) is 30.3 Å². The zero-order chi connectivity index (χ0) is 22.5. The van der Waals surface area contributed by atoms with E-state index in [1.165, 1.54) is 18.4 Å². The van der Waals surface area contributed by atoms with Crippen LogP contribution in [-0.2, 0) is 16.0 Å². The molecule has 1 aliphatic heterocycles. The van der Waals surface area contributed by atoms with E-state index >= 15 is 0 Å². The number of rotatable bonds is 11. The molecule has 1 saturated carbocycles. The van der Waals surface area contributed by atoms with Crippen LogP contribution in [0, 0.1) is 0 Å². The zero-order valence-corrected chi connectivity index (χ0v) is 19.7. The van der Waals surface area contributed by atoms with E-state index in [1.54, 1.807) is 11.3 Å². The molecule has 2 heterocycles. The fourth-order valence-corrected chi connectivity index (χ4v) is 5.14. The number of nitrogens with one attached hydrogen (secondary N) is 1. The first-order valence-electron chi connectivity index (χ1n) is 12.0. The largest absolute Gasteiger partial charge is 0.431 e. The molecule has 2 aromatic carbocycles. The second-order valence-corrected chi connectivity index (χ2v) is 9.85. The molecule has 6 nitrogen and oxygen atoms in total. The molecule has 1 atom stereocenters. The third kappa shape index (κ3) is 6.10. The SMILES string of the molecule is O=C(NCCCN(CCc1ccc(Oc2nc3ccccc3s2)cc1)C1CC1)C1CCCO1. The Kier molecular flexibility index (Phi) is 7.19. The first-order chi connectivity index (χ1) is 16.2. The average molecular weight is 466 g/mol. The number of amides is 1. The molecule has 1 aromatic heterocycles. The number of carbonyl (C=O) groups excluding carboxylic acids is 1. The summed E-state index contributed by atoms with van der Waals surface area (Å²) >= 11 is 1.57. The fourth-order valence-electron chi connectivity index (χ4n) is 4.30. The molecule has 174 valence electrons. The minimum absolute atomic E-state index is 0.0543. The third-order valence-electron chi connectivity index (χ3n) is 6.30. The van der Waals surface area contributed by atoms with Crippen LogP contribution in [0.3, 0.4) is 0 Å². The van der Waals surface area contributed by atoms with Crippen molar-refractivity contribution >= 4 is 27.5 Å². The van der Waals surface area contributed by atoms with Gasteiger partial charge in [-0.3, -0.25) is 9.69 Å². The molecular weight excluding hydrogens is 434 g/mol. The van der Waals surface area contributed by atoms with Crippen molar-refractivity contribution in [1.29, 1.82) is 0 Å². The Morgan fingerprint density at radius 1 is 1.12 bits per heavy atom. The number of para-hydroxylation sites is 1. The zero-order valence-electron chi connectivity index (χ0n) is 18.9. The lowest BCUT2D eigenvalue weighted by molar-refractivity contribution is -0.130. The van der Waals surface area contributed by atoms with Crippen LogP contribution in [0.4, 0.5) is 0 Å². The molecular formula is C26H31N3O3S. The molecule has 1 aliphatic carbocycles. The maximum Gasteiger partial charge on any atom is 0.279 e. The van der Waals surface area contributed by atoms with Crippen LogP contribution < -0.4 is 10.1 Å². The maximum absolute atomic E-state index is 12.1. The van der Waals surface area contributed by atoms with E-state index in [0.29, 0.717) is 17.8 Å². The van der Waals surface area contributed by atoms with Crippen molar-refractivity contribution < 1.29 is 14.3 Å². The third-order valence-corrected chi connectivity index (χ3v) is 7.21. The van der Waals surface area contributed by atoms with Gasteiger partial charge >= 0.3 is 0 Å². The topological polar surface area (TPSA) is 63.7 Å². The highest BCUT2D eigenvalue weighted by Gasteiger charge is 2.28. The number of hydrogen-bond acceptors (Lipinski definition) is 6. The van der Waals surface area contributed by atoms with Crippen molar-refractivity contribution in [3.8, 4) is 10.9 Å². The summed E-state index contributed by atoms with van der Waals surface area (Å²) in [5.74, 6) is 0.873. The highest BCUT2D eigenvalue weighted by molar-refractivity contribution is 7.20. The number of hydrogen-bond donors (Lipinski definition) is 1. The molecule has 1 N–H and O–H groups in total. The van der Waals surface area contributed by atoms with Crippen molar-refractivity contribution in [3.05, 3.63) is 54.1 Å². The van der Waals surface area contributed by atoms with Gasteiger partial charge in [0.15, 0.2) is 0 Å². The van der Waals surface area contributed by atoms with E-state index < -0.39 is 0 Å². The second-order valence-electron chi connectivity index (χ2n) is 8.86. The number of aromatic nitrogens is 1. The average Bonchev–Trinajstić information content (AvgIpc) is 3.36. The molecule has 3 aromatic rings. The van der Waals surface area contributed by atoms with Crippen molar-refractivity contribution in [2.45, 2.75) is 50.7 Å². The monoisotopic (exact) mass is 465 g/mol. The minimum Gasteiger partial charge on any atom is -0.431 e. The van der Waals surface area contributed by atoms with E-state index in [9.17, 15) is 4.79 Å². The van der Waals surface area contributed by atoms with Gasteiger partial charge < -0.3 is 14.8 Å². The standard InChI is InChI=1S/C26H31N3O3S/c30-25(23-6-3-18-31-23)27-15-4-16-29(20-10-11-20)17-14-19-8-12-21(13-9-19)32-26-28-22-5-1-2-7-24(22)33-26/h1-2,5,7-9,12-13,20,23H,3-4,6,10-11,14-18H2,(H,27,30). The molecule has 1 saturated heterocycles. The van der Waals surface area contributed by atoms with Crippen LogP contribution >= 0.6 is 11.3 Å². The van der Waals surface area contributed by atoms with E-state index in [2.05, 4.69) is 33.4 Å². The number of nitrogens with zero attached hydrogens (tertiary/aromatic N) is 2. The fraction of sp³-hybridized carbons (Fsp3) is 0.462. The van der Waals surface area contributed by atoms with Crippen LogP contribution in [0.1, 0.15) is 37.7 Å². The summed E-state index contributed by atoms with van der Waals surface area (Å²) in [4.78, 5) is 19.2. The van der Waals surface area contributed by atoms with Gasteiger partial charge in [-0.25, -0.2) is 4.98 Å². The summed E-state index contributed by atoms with van der Waals surface area (Å²) in [6, 6.07) is 17.1. The minimum atomic E-state index is -0.230. The lowest BCUT2D eigenvalue weighted by Crippen LogP contribution is -2.37. The molecule has 1 amide bonds. The molecule has 2 aliphatic rings. The van der Waals surface area contributed by atoms with Crippen LogP contribution in [0.2, 0.25) is 0 Å². The molecule has 0 bridgehead atoms. The number of fused-ring (bicyclic) bond motifs is 1. The Hall–Kier alpha value is -2.48. The molecule has 7 heteroatoms.